The Kier molecular flexibility index (Phi) is 7.95. The van der Waals surface area contributed by atoms with Crippen molar-refractivity contribution in [1.29, 1.82) is 0 Å². The number of hydrogen-bond acceptors (Lipinski definition) is 4. The summed E-state index contributed by atoms with van der Waals surface area (Å²) in [6.45, 7) is 0.669. The molecule has 0 aliphatic heterocycles. The minimum absolute atomic E-state index is 0. The molecular weight excluding hydrogens is 294 g/mol. The van der Waals surface area contributed by atoms with E-state index in [1.165, 1.54) is 12.8 Å². The van der Waals surface area contributed by atoms with E-state index in [-0.39, 0.29) is 24.4 Å². The van der Waals surface area contributed by atoms with Crippen molar-refractivity contribution in [3.05, 3.63) is 24.5 Å². The minimum atomic E-state index is 0. The number of pyridine rings is 1. The average molecular weight is 316 g/mol. The summed E-state index contributed by atoms with van der Waals surface area (Å²) in [5.74, 6) is 1.01. The molecular formula is C14H22ClN3OS. The van der Waals surface area contributed by atoms with Gasteiger partial charge in [-0.25, -0.2) is 0 Å². The van der Waals surface area contributed by atoms with Crippen LogP contribution in [-0.2, 0) is 4.79 Å². The first kappa shape index (κ1) is 17.3. The molecule has 0 aromatic carbocycles. The lowest BCUT2D eigenvalue weighted by molar-refractivity contribution is -0.119. The Morgan fingerprint density at radius 3 is 2.75 bits per heavy atom. The van der Waals surface area contributed by atoms with Crippen LogP contribution in [0.2, 0.25) is 0 Å². The van der Waals surface area contributed by atoms with Crippen LogP contribution in [-0.4, -0.2) is 29.2 Å². The Hall–Kier alpha value is -0.780. The topological polar surface area (TPSA) is 68.0 Å². The molecule has 112 valence electrons. The second kappa shape index (κ2) is 9.21. The normalized spacial score (nSPS) is 21.9. The predicted molar refractivity (Wildman–Crippen MR) is 85.2 cm³/mol. The molecule has 1 heterocycles. The highest BCUT2D eigenvalue weighted by atomic mass is 35.5. The van der Waals surface area contributed by atoms with E-state index < -0.39 is 0 Å². The number of thioether (sulfide) groups is 1. The Labute approximate surface area is 130 Å². The molecule has 4 nitrogen and oxygen atoms in total. The lowest BCUT2D eigenvalue weighted by atomic mass is 9.84. The molecule has 1 fully saturated rings. The van der Waals surface area contributed by atoms with Crippen LogP contribution in [0.4, 0.5) is 0 Å². The van der Waals surface area contributed by atoms with E-state index in [2.05, 4.69) is 10.3 Å². The van der Waals surface area contributed by atoms with Gasteiger partial charge in [-0.3, -0.25) is 9.78 Å². The molecule has 0 radical (unpaired) electrons. The molecule has 20 heavy (non-hydrogen) atoms. The number of nitrogens with two attached hydrogens (primary N) is 1. The number of aromatic nitrogens is 1. The Morgan fingerprint density at radius 2 is 2.05 bits per heavy atom. The standard InChI is InChI=1S/C14H21N3OS.ClH/c15-9-11-3-1-2-4-13(11)17-14(18)10-19-12-5-7-16-8-6-12;/h5-8,11,13H,1-4,9-10,15H2,(H,17,18);1H. The summed E-state index contributed by atoms with van der Waals surface area (Å²) in [7, 11) is 0. The Morgan fingerprint density at radius 1 is 1.35 bits per heavy atom. The second-order valence-corrected chi connectivity index (χ2v) is 5.97. The zero-order valence-corrected chi connectivity index (χ0v) is 13.1. The number of halogens is 1. The van der Waals surface area contributed by atoms with Crippen molar-refractivity contribution in [2.24, 2.45) is 11.7 Å². The minimum Gasteiger partial charge on any atom is -0.352 e. The van der Waals surface area contributed by atoms with E-state index in [0.29, 0.717) is 18.2 Å². The Balaban J connectivity index is 0.00000200. The van der Waals surface area contributed by atoms with Gasteiger partial charge in [-0.2, -0.15) is 0 Å². The number of carbonyl (C=O) groups excluding carboxylic acids is 1. The molecule has 1 aliphatic carbocycles. The molecule has 2 rings (SSSR count). The lowest BCUT2D eigenvalue weighted by Gasteiger charge is -2.31. The highest BCUT2D eigenvalue weighted by Gasteiger charge is 2.25. The number of carbonyl (C=O) groups is 1. The van der Waals surface area contributed by atoms with Crippen LogP contribution in [0.3, 0.4) is 0 Å². The average Bonchev–Trinajstić information content (AvgIpc) is 2.47. The smallest absolute Gasteiger partial charge is 0.230 e. The van der Waals surface area contributed by atoms with E-state index in [1.54, 1.807) is 24.2 Å². The molecule has 0 bridgehead atoms. The zero-order chi connectivity index (χ0) is 13.5. The molecule has 1 aliphatic rings. The van der Waals surface area contributed by atoms with Gasteiger partial charge in [0.05, 0.1) is 5.75 Å². The zero-order valence-electron chi connectivity index (χ0n) is 11.5. The third kappa shape index (κ3) is 5.31. The quantitative estimate of drug-likeness (QED) is 0.818. The van der Waals surface area contributed by atoms with Crippen LogP contribution in [0.5, 0.6) is 0 Å². The summed E-state index contributed by atoms with van der Waals surface area (Å²) >= 11 is 1.54. The van der Waals surface area contributed by atoms with Gasteiger partial charge in [0.25, 0.3) is 0 Å². The highest BCUT2D eigenvalue weighted by molar-refractivity contribution is 8.00. The van der Waals surface area contributed by atoms with Crippen molar-refractivity contribution in [2.75, 3.05) is 12.3 Å². The summed E-state index contributed by atoms with van der Waals surface area (Å²) in [5.41, 5.74) is 5.77. The van der Waals surface area contributed by atoms with Crippen molar-refractivity contribution in [1.82, 2.24) is 10.3 Å². The van der Waals surface area contributed by atoms with Gasteiger partial charge in [0.15, 0.2) is 0 Å². The van der Waals surface area contributed by atoms with Crippen molar-refractivity contribution in [3.63, 3.8) is 0 Å². The molecule has 1 aromatic heterocycles. The number of hydrogen-bond donors (Lipinski definition) is 2. The monoisotopic (exact) mass is 315 g/mol. The van der Waals surface area contributed by atoms with E-state index in [9.17, 15) is 4.79 Å². The molecule has 0 saturated heterocycles. The van der Waals surface area contributed by atoms with E-state index in [0.717, 1.165) is 17.7 Å². The predicted octanol–water partition coefficient (Wildman–Crippen LogP) is 2.23. The molecule has 6 heteroatoms. The maximum Gasteiger partial charge on any atom is 0.230 e. The summed E-state index contributed by atoms with van der Waals surface area (Å²) in [4.78, 5) is 17.0. The van der Waals surface area contributed by atoms with E-state index in [4.69, 9.17) is 5.73 Å². The van der Waals surface area contributed by atoms with Crippen LogP contribution in [0.15, 0.2) is 29.4 Å². The van der Waals surface area contributed by atoms with Gasteiger partial charge in [0.1, 0.15) is 0 Å². The van der Waals surface area contributed by atoms with Crippen molar-refractivity contribution in [3.8, 4) is 0 Å². The molecule has 2 unspecified atom stereocenters. The summed E-state index contributed by atoms with van der Waals surface area (Å²) in [5, 5.41) is 3.13. The fourth-order valence-electron chi connectivity index (χ4n) is 2.51. The van der Waals surface area contributed by atoms with Gasteiger partial charge in [0.2, 0.25) is 5.91 Å². The summed E-state index contributed by atoms with van der Waals surface area (Å²) < 4.78 is 0. The maximum absolute atomic E-state index is 12.0. The van der Waals surface area contributed by atoms with Crippen molar-refractivity contribution < 1.29 is 4.79 Å². The van der Waals surface area contributed by atoms with Gasteiger partial charge in [0, 0.05) is 23.3 Å². The first-order chi connectivity index (χ1) is 9.29. The first-order valence-electron chi connectivity index (χ1n) is 6.82. The summed E-state index contributed by atoms with van der Waals surface area (Å²) in [6, 6.07) is 4.10. The van der Waals surface area contributed by atoms with Crippen LogP contribution in [0, 0.1) is 5.92 Å². The van der Waals surface area contributed by atoms with Gasteiger partial charge in [-0.1, -0.05) is 12.8 Å². The van der Waals surface area contributed by atoms with Gasteiger partial charge in [-0.15, -0.1) is 24.2 Å². The van der Waals surface area contributed by atoms with E-state index in [1.807, 2.05) is 12.1 Å². The molecule has 0 spiro atoms. The number of nitrogens with one attached hydrogen (secondary N) is 1. The third-order valence-corrected chi connectivity index (χ3v) is 4.59. The van der Waals surface area contributed by atoms with Gasteiger partial charge in [-0.05, 0) is 37.4 Å². The highest BCUT2D eigenvalue weighted by Crippen LogP contribution is 2.24. The van der Waals surface area contributed by atoms with Gasteiger partial charge < -0.3 is 11.1 Å². The fourth-order valence-corrected chi connectivity index (χ4v) is 3.21. The lowest BCUT2D eigenvalue weighted by Crippen LogP contribution is -2.45. The molecule has 1 aromatic rings. The van der Waals surface area contributed by atoms with Crippen molar-refractivity contribution in [2.45, 2.75) is 36.6 Å². The third-order valence-electron chi connectivity index (χ3n) is 3.58. The van der Waals surface area contributed by atoms with Crippen LogP contribution in [0.1, 0.15) is 25.7 Å². The summed E-state index contributed by atoms with van der Waals surface area (Å²) in [6.07, 6.45) is 8.11. The molecule has 1 amide bonds. The van der Waals surface area contributed by atoms with E-state index >= 15 is 0 Å². The van der Waals surface area contributed by atoms with Crippen LogP contribution in [0.25, 0.3) is 0 Å². The molecule has 2 atom stereocenters. The van der Waals surface area contributed by atoms with Crippen LogP contribution < -0.4 is 11.1 Å². The number of amides is 1. The van der Waals surface area contributed by atoms with Crippen molar-refractivity contribution >= 4 is 30.1 Å². The first-order valence-corrected chi connectivity index (χ1v) is 7.80. The fraction of sp³-hybridized carbons (Fsp3) is 0.571. The van der Waals surface area contributed by atoms with Gasteiger partial charge >= 0.3 is 0 Å². The largest absolute Gasteiger partial charge is 0.352 e. The van der Waals surface area contributed by atoms with Crippen LogP contribution >= 0.6 is 24.2 Å². The number of nitrogens with zero attached hydrogens (tertiary/aromatic N) is 1. The molecule has 1 saturated carbocycles. The SMILES string of the molecule is Cl.NCC1CCCCC1NC(=O)CSc1ccncc1. The second-order valence-electron chi connectivity index (χ2n) is 4.93. The maximum atomic E-state index is 12.0. The Bertz CT molecular complexity index is 405. The molecule has 3 N–H and O–H groups in total. The number of rotatable bonds is 5.